The van der Waals surface area contributed by atoms with E-state index in [1.807, 2.05) is 13.8 Å². The Morgan fingerprint density at radius 2 is 1.58 bits per heavy atom. The van der Waals surface area contributed by atoms with Crippen molar-refractivity contribution in [1.29, 1.82) is 0 Å². The van der Waals surface area contributed by atoms with Gasteiger partial charge < -0.3 is 14.8 Å². The fourth-order valence-corrected chi connectivity index (χ4v) is 5.63. The second-order valence-electron chi connectivity index (χ2n) is 7.74. The Labute approximate surface area is 196 Å². The summed E-state index contributed by atoms with van der Waals surface area (Å²) in [5, 5.41) is 2.90. The van der Waals surface area contributed by atoms with Crippen molar-refractivity contribution in [2.24, 2.45) is 5.92 Å². The Hall–Kier alpha value is -2.78. The number of hydrogen-bond acceptors (Lipinski definition) is 5. The third-order valence-electron chi connectivity index (χ3n) is 5.52. The van der Waals surface area contributed by atoms with Crippen LogP contribution < -0.4 is 19.1 Å². The maximum absolute atomic E-state index is 13.4. The molecule has 1 heterocycles. The standard InChI is InChI=1S/C24H33N3O5S/c1-4-27(21-11-15-23(16-12-21)32-6-3)33(29,30)26-17-7-8-19(18-26)24(28)25-20-9-13-22(14-10-20)31-5-2/h9-16,19H,4-8,17-18H2,1-3H3,(H,25,28)/t19-/m1/s1. The zero-order valence-corrected chi connectivity index (χ0v) is 20.3. The van der Waals surface area contributed by atoms with Gasteiger partial charge in [-0.25, -0.2) is 0 Å². The van der Waals surface area contributed by atoms with Crippen molar-refractivity contribution >= 4 is 27.5 Å². The molecule has 0 aromatic heterocycles. The Morgan fingerprint density at radius 1 is 1.00 bits per heavy atom. The van der Waals surface area contributed by atoms with E-state index in [2.05, 4.69) is 5.32 Å². The van der Waals surface area contributed by atoms with Crippen LogP contribution in [-0.4, -0.2) is 51.5 Å². The molecule has 0 radical (unpaired) electrons. The first-order valence-electron chi connectivity index (χ1n) is 11.4. The van der Waals surface area contributed by atoms with Crippen molar-refractivity contribution in [2.45, 2.75) is 33.6 Å². The number of amides is 1. The minimum atomic E-state index is -3.77. The molecule has 8 nitrogen and oxygen atoms in total. The third kappa shape index (κ3) is 6.17. The fourth-order valence-electron chi connectivity index (χ4n) is 3.91. The monoisotopic (exact) mass is 475 g/mol. The topological polar surface area (TPSA) is 88.2 Å². The second kappa shape index (κ2) is 11.4. The van der Waals surface area contributed by atoms with E-state index in [9.17, 15) is 13.2 Å². The number of nitrogens with zero attached hydrogens (tertiary/aromatic N) is 2. The molecule has 1 amide bonds. The zero-order valence-electron chi connectivity index (χ0n) is 19.5. The predicted molar refractivity (Wildman–Crippen MR) is 130 cm³/mol. The quantitative estimate of drug-likeness (QED) is 0.563. The van der Waals surface area contributed by atoms with Crippen LogP contribution in [0, 0.1) is 5.92 Å². The Kier molecular flexibility index (Phi) is 8.57. The zero-order chi connectivity index (χ0) is 23.8. The van der Waals surface area contributed by atoms with Crippen LogP contribution in [-0.2, 0) is 15.0 Å². The van der Waals surface area contributed by atoms with Gasteiger partial charge in [0.2, 0.25) is 5.91 Å². The lowest BCUT2D eigenvalue weighted by Crippen LogP contribution is -2.50. The van der Waals surface area contributed by atoms with Gasteiger partial charge in [0.05, 0.1) is 24.8 Å². The highest BCUT2D eigenvalue weighted by molar-refractivity contribution is 7.90. The Bertz CT molecular complexity index is 1010. The number of ether oxygens (including phenoxy) is 2. The van der Waals surface area contributed by atoms with Crippen molar-refractivity contribution < 1.29 is 22.7 Å². The van der Waals surface area contributed by atoms with Crippen molar-refractivity contribution in [1.82, 2.24) is 4.31 Å². The molecule has 1 saturated heterocycles. The number of benzene rings is 2. The van der Waals surface area contributed by atoms with Crippen LogP contribution in [0.3, 0.4) is 0 Å². The Morgan fingerprint density at radius 3 is 2.12 bits per heavy atom. The molecule has 1 fully saturated rings. The molecule has 1 atom stereocenters. The lowest BCUT2D eigenvalue weighted by Gasteiger charge is -2.35. The van der Waals surface area contributed by atoms with Gasteiger partial charge in [-0.3, -0.25) is 9.10 Å². The highest BCUT2D eigenvalue weighted by Crippen LogP contribution is 2.27. The van der Waals surface area contributed by atoms with Crippen LogP contribution >= 0.6 is 0 Å². The molecular weight excluding hydrogens is 442 g/mol. The van der Waals surface area contributed by atoms with Crippen molar-refractivity contribution in [3.8, 4) is 11.5 Å². The number of rotatable bonds is 10. The Balaban J connectivity index is 1.68. The molecule has 1 N–H and O–H groups in total. The third-order valence-corrected chi connectivity index (χ3v) is 7.53. The predicted octanol–water partition coefficient (Wildman–Crippen LogP) is 3.91. The number of piperidine rings is 1. The molecule has 2 aromatic rings. The van der Waals surface area contributed by atoms with E-state index in [1.54, 1.807) is 55.5 Å². The lowest BCUT2D eigenvalue weighted by atomic mass is 9.99. The maximum atomic E-state index is 13.4. The summed E-state index contributed by atoms with van der Waals surface area (Å²) in [5.74, 6) is 0.834. The SMILES string of the molecule is CCOc1ccc(NC(=O)[C@@H]2CCCN(S(=O)(=O)N(CC)c3ccc(OCC)cc3)C2)cc1. The largest absolute Gasteiger partial charge is 0.494 e. The van der Waals surface area contributed by atoms with Gasteiger partial charge >= 0.3 is 10.2 Å². The number of carbonyl (C=O) groups excluding carboxylic acids is 1. The fraction of sp³-hybridized carbons (Fsp3) is 0.458. The maximum Gasteiger partial charge on any atom is 0.304 e. The van der Waals surface area contributed by atoms with E-state index in [1.165, 1.54) is 8.61 Å². The molecule has 9 heteroatoms. The number of hydrogen-bond donors (Lipinski definition) is 1. The summed E-state index contributed by atoms with van der Waals surface area (Å²) in [5.41, 5.74) is 1.23. The van der Waals surface area contributed by atoms with E-state index >= 15 is 0 Å². The van der Waals surface area contributed by atoms with Crippen LogP contribution in [0.5, 0.6) is 11.5 Å². The summed E-state index contributed by atoms with van der Waals surface area (Å²) < 4.78 is 40.5. The van der Waals surface area contributed by atoms with Crippen molar-refractivity contribution in [3.05, 3.63) is 48.5 Å². The van der Waals surface area contributed by atoms with E-state index in [4.69, 9.17) is 9.47 Å². The van der Waals surface area contributed by atoms with Gasteiger partial charge in [-0.1, -0.05) is 0 Å². The number of carbonyl (C=O) groups is 1. The van der Waals surface area contributed by atoms with Gasteiger partial charge in [-0.2, -0.15) is 12.7 Å². The minimum absolute atomic E-state index is 0.152. The summed E-state index contributed by atoms with van der Waals surface area (Å²) in [4.78, 5) is 12.9. The molecule has 1 aliphatic rings. The van der Waals surface area contributed by atoms with Gasteiger partial charge in [0.25, 0.3) is 0 Å². The number of nitrogens with one attached hydrogen (secondary N) is 1. The molecule has 0 aliphatic carbocycles. The van der Waals surface area contributed by atoms with E-state index < -0.39 is 16.1 Å². The van der Waals surface area contributed by atoms with Gasteiger partial charge in [0, 0.05) is 25.3 Å². The molecule has 3 rings (SSSR count). The average Bonchev–Trinajstić information content (AvgIpc) is 2.82. The summed E-state index contributed by atoms with van der Waals surface area (Å²) in [7, 11) is -3.77. The lowest BCUT2D eigenvalue weighted by molar-refractivity contribution is -0.120. The van der Waals surface area contributed by atoms with E-state index in [0.29, 0.717) is 49.7 Å². The first-order chi connectivity index (χ1) is 15.9. The molecular formula is C24H33N3O5S. The molecule has 2 aromatic carbocycles. The molecule has 0 spiro atoms. The van der Waals surface area contributed by atoms with E-state index in [-0.39, 0.29) is 19.0 Å². The molecule has 0 unspecified atom stereocenters. The van der Waals surface area contributed by atoms with Gasteiger partial charge in [-0.15, -0.1) is 0 Å². The first kappa shape index (κ1) is 24.9. The smallest absolute Gasteiger partial charge is 0.304 e. The summed E-state index contributed by atoms with van der Waals surface area (Å²) >= 11 is 0. The van der Waals surface area contributed by atoms with Crippen molar-refractivity contribution in [2.75, 3.05) is 42.5 Å². The molecule has 180 valence electrons. The van der Waals surface area contributed by atoms with Gasteiger partial charge in [0.1, 0.15) is 11.5 Å². The summed E-state index contributed by atoms with van der Waals surface area (Å²) in [6, 6.07) is 14.2. The highest BCUT2D eigenvalue weighted by atomic mass is 32.2. The number of anilines is 2. The summed E-state index contributed by atoms with van der Waals surface area (Å²) in [6.45, 7) is 7.56. The minimum Gasteiger partial charge on any atom is -0.494 e. The average molecular weight is 476 g/mol. The second-order valence-corrected chi connectivity index (χ2v) is 9.60. The van der Waals surface area contributed by atoms with Crippen LogP contribution in [0.4, 0.5) is 11.4 Å². The summed E-state index contributed by atoms with van der Waals surface area (Å²) in [6.07, 6.45) is 1.27. The molecule has 1 aliphatic heterocycles. The van der Waals surface area contributed by atoms with Crippen molar-refractivity contribution in [3.63, 3.8) is 0 Å². The van der Waals surface area contributed by atoms with Crippen LogP contribution in [0.1, 0.15) is 33.6 Å². The van der Waals surface area contributed by atoms with Crippen LogP contribution in [0.2, 0.25) is 0 Å². The van der Waals surface area contributed by atoms with E-state index in [0.717, 1.165) is 5.75 Å². The highest BCUT2D eigenvalue weighted by Gasteiger charge is 2.35. The van der Waals surface area contributed by atoms with Crippen LogP contribution in [0.25, 0.3) is 0 Å². The molecule has 0 bridgehead atoms. The van der Waals surface area contributed by atoms with Gasteiger partial charge in [0.15, 0.2) is 0 Å². The normalized spacial score (nSPS) is 16.8. The van der Waals surface area contributed by atoms with Gasteiger partial charge in [-0.05, 0) is 82.1 Å². The molecule has 33 heavy (non-hydrogen) atoms. The van der Waals surface area contributed by atoms with Crippen LogP contribution in [0.15, 0.2) is 48.5 Å². The molecule has 0 saturated carbocycles. The first-order valence-corrected chi connectivity index (χ1v) is 12.8.